The van der Waals surface area contributed by atoms with Gasteiger partial charge in [0.05, 0.1) is 19.3 Å². The highest BCUT2D eigenvalue weighted by Gasteiger charge is 2.30. The van der Waals surface area contributed by atoms with Crippen LogP contribution in [0.3, 0.4) is 0 Å². The van der Waals surface area contributed by atoms with Gasteiger partial charge in [0.15, 0.2) is 0 Å². The Labute approximate surface area is 96.0 Å². The quantitative estimate of drug-likeness (QED) is 0.641. The van der Waals surface area contributed by atoms with Crippen molar-refractivity contribution < 1.29 is 14.6 Å². The van der Waals surface area contributed by atoms with Crippen molar-refractivity contribution in [3.05, 3.63) is 0 Å². The number of rotatable bonds is 0. The molecule has 2 amide bonds. The molecule has 0 aliphatic carbocycles. The third-order valence-corrected chi connectivity index (χ3v) is 3.47. The number of nitrogens with zero attached hydrogens (tertiary/aromatic N) is 2. The largest absolute Gasteiger partial charge is 0.391 e. The molecule has 16 heavy (non-hydrogen) atoms. The fraction of sp³-hybridized carbons (Fsp3) is 0.909. The van der Waals surface area contributed by atoms with Crippen LogP contribution >= 0.6 is 0 Å². The van der Waals surface area contributed by atoms with E-state index in [1.807, 2.05) is 11.8 Å². The van der Waals surface area contributed by atoms with Crippen molar-refractivity contribution >= 4 is 6.03 Å². The van der Waals surface area contributed by atoms with Crippen LogP contribution in [0, 0.1) is 5.92 Å². The molecule has 0 saturated carbocycles. The van der Waals surface area contributed by atoms with E-state index in [2.05, 4.69) is 0 Å². The Bertz CT molecular complexity index is 254. The summed E-state index contributed by atoms with van der Waals surface area (Å²) < 4.78 is 5.21. The fourth-order valence-electron chi connectivity index (χ4n) is 2.18. The van der Waals surface area contributed by atoms with E-state index < -0.39 is 0 Å². The number of likely N-dealkylation sites (tertiary alicyclic amines) is 1. The van der Waals surface area contributed by atoms with Crippen molar-refractivity contribution in [1.29, 1.82) is 0 Å². The van der Waals surface area contributed by atoms with E-state index >= 15 is 0 Å². The predicted octanol–water partition coefficient (Wildman–Crippen LogP) is 0.141. The van der Waals surface area contributed by atoms with Gasteiger partial charge in [0.2, 0.25) is 0 Å². The average molecular weight is 228 g/mol. The molecule has 2 rings (SSSR count). The fourth-order valence-corrected chi connectivity index (χ4v) is 2.18. The number of urea groups is 1. The highest BCUT2D eigenvalue weighted by atomic mass is 16.5. The van der Waals surface area contributed by atoms with Crippen LogP contribution in [0.25, 0.3) is 0 Å². The van der Waals surface area contributed by atoms with Crippen LogP contribution in [0.1, 0.15) is 13.3 Å². The summed E-state index contributed by atoms with van der Waals surface area (Å²) >= 11 is 0. The van der Waals surface area contributed by atoms with E-state index in [-0.39, 0.29) is 12.1 Å². The van der Waals surface area contributed by atoms with Crippen LogP contribution in [-0.2, 0) is 4.74 Å². The molecule has 2 aliphatic rings. The molecule has 0 aromatic rings. The topological polar surface area (TPSA) is 53.0 Å². The van der Waals surface area contributed by atoms with Crippen molar-refractivity contribution in [2.45, 2.75) is 19.4 Å². The molecule has 2 aliphatic heterocycles. The number of carbonyl (C=O) groups is 1. The Hall–Kier alpha value is -0.810. The Kier molecular flexibility index (Phi) is 3.66. The molecule has 2 atom stereocenters. The molecule has 92 valence electrons. The van der Waals surface area contributed by atoms with Gasteiger partial charge in [0, 0.05) is 26.2 Å². The number of amides is 2. The number of morpholine rings is 1. The van der Waals surface area contributed by atoms with Gasteiger partial charge in [-0.25, -0.2) is 4.79 Å². The number of hydrogen-bond acceptors (Lipinski definition) is 3. The maximum Gasteiger partial charge on any atom is 0.320 e. The Balaban J connectivity index is 1.89. The number of hydrogen-bond donors (Lipinski definition) is 1. The molecule has 0 aromatic heterocycles. The first-order valence-electron chi connectivity index (χ1n) is 5.98. The van der Waals surface area contributed by atoms with Crippen LogP contribution in [-0.4, -0.2) is 66.4 Å². The third kappa shape index (κ3) is 2.47. The van der Waals surface area contributed by atoms with E-state index in [4.69, 9.17) is 4.74 Å². The minimum absolute atomic E-state index is 0.0502. The lowest BCUT2D eigenvalue weighted by molar-refractivity contribution is 0.0153. The molecule has 0 aromatic carbocycles. The van der Waals surface area contributed by atoms with Gasteiger partial charge in [0.1, 0.15) is 0 Å². The summed E-state index contributed by atoms with van der Waals surface area (Å²) in [6, 6.07) is 0.0502. The lowest BCUT2D eigenvalue weighted by atomic mass is 9.96. The standard InChI is InChI=1S/C11H20N2O3/c1-9-2-3-13(8-10(9)14)11(15)12-4-6-16-7-5-12/h9-10,14H,2-8H2,1H3. The summed E-state index contributed by atoms with van der Waals surface area (Å²) in [6.45, 7) is 5.84. The highest BCUT2D eigenvalue weighted by molar-refractivity contribution is 5.74. The predicted molar refractivity (Wildman–Crippen MR) is 59.1 cm³/mol. The number of β-amino-alcohol motifs (C(OH)–C–C–N with tert-alkyl or cyclic N) is 1. The highest BCUT2D eigenvalue weighted by Crippen LogP contribution is 2.18. The maximum atomic E-state index is 12.1. The monoisotopic (exact) mass is 228 g/mol. The maximum absolute atomic E-state index is 12.1. The van der Waals surface area contributed by atoms with Crippen LogP contribution in [0.5, 0.6) is 0 Å². The van der Waals surface area contributed by atoms with Crippen molar-refractivity contribution in [3.8, 4) is 0 Å². The molecule has 2 unspecified atom stereocenters. The zero-order chi connectivity index (χ0) is 11.5. The lowest BCUT2D eigenvalue weighted by Gasteiger charge is -2.38. The van der Waals surface area contributed by atoms with E-state index in [0.29, 0.717) is 38.8 Å². The van der Waals surface area contributed by atoms with Gasteiger partial charge in [-0.2, -0.15) is 0 Å². The Morgan fingerprint density at radius 2 is 1.94 bits per heavy atom. The molecular formula is C11H20N2O3. The van der Waals surface area contributed by atoms with Crippen LogP contribution in [0.2, 0.25) is 0 Å². The lowest BCUT2D eigenvalue weighted by Crippen LogP contribution is -2.53. The SMILES string of the molecule is CC1CCN(C(=O)N2CCOCC2)CC1O. The summed E-state index contributed by atoms with van der Waals surface area (Å²) in [4.78, 5) is 15.7. The van der Waals surface area contributed by atoms with Gasteiger partial charge < -0.3 is 19.6 Å². The van der Waals surface area contributed by atoms with Gasteiger partial charge in [-0.05, 0) is 12.3 Å². The summed E-state index contributed by atoms with van der Waals surface area (Å²) in [5, 5.41) is 9.76. The zero-order valence-corrected chi connectivity index (χ0v) is 9.76. The van der Waals surface area contributed by atoms with Crippen LogP contribution in [0.4, 0.5) is 4.79 Å². The van der Waals surface area contributed by atoms with E-state index in [9.17, 15) is 9.90 Å². The van der Waals surface area contributed by atoms with Gasteiger partial charge >= 0.3 is 6.03 Å². The van der Waals surface area contributed by atoms with E-state index in [1.165, 1.54) is 0 Å². The number of piperidine rings is 1. The number of aliphatic hydroxyl groups excluding tert-OH is 1. The smallest absolute Gasteiger partial charge is 0.320 e. The number of aliphatic hydroxyl groups is 1. The average Bonchev–Trinajstić information content (AvgIpc) is 2.33. The molecule has 2 heterocycles. The molecule has 2 fully saturated rings. The second-order valence-electron chi connectivity index (χ2n) is 4.66. The molecule has 2 saturated heterocycles. The van der Waals surface area contributed by atoms with E-state index in [1.54, 1.807) is 4.90 Å². The first kappa shape index (κ1) is 11.7. The molecule has 0 radical (unpaired) electrons. The summed E-state index contributed by atoms with van der Waals surface area (Å²) in [5.41, 5.74) is 0. The molecule has 0 spiro atoms. The van der Waals surface area contributed by atoms with E-state index in [0.717, 1.165) is 13.0 Å². The second-order valence-corrected chi connectivity index (χ2v) is 4.66. The van der Waals surface area contributed by atoms with Crippen LogP contribution < -0.4 is 0 Å². The summed E-state index contributed by atoms with van der Waals surface area (Å²) in [7, 11) is 0. The molecule has 1 N–H and O–H groups in total. The number of carbonyl (C=O) groups excluding carboxylic acids is 1. The third-order valence-electron chi connectivity index (χ3n) is 3.47. The Morgan fingerprint density at radius 1 is 1.25 bits per heavy atom. The minimum Gasteiger partial charge on any atom is -0.391 e. The van der Waals surface area contributed by atoms with Gasteiger partial charge in [0.25, 0.3) is 0 Å². The normalized spacial score (nSPS) is 31.6. The first-order valence-corrected chi connectivity index (χ1v) is 5.98. The van der Waals surface area contributed by atoms with Gasteiger partial charge in [-0.1, -0.05) is 6.92 Å². The van der Waals surface area contributed by atoms with Crippen molar-refractivity contribution in [3.63, 3.8) is 0 Å². The van der Waals surface area contributed by atoms with Gasteiger partial charge in [-0.3, -0.25) is 0 Å². The number of ether oxygens (including phenoxy) is 1. The summed E-state index contributed by atoms with van der Waals surface area (Å²) in [5.74, 6) is 0.300. The van der Waals surface area contributed by atoms with Crippen LogP contribution in [0.15, 0.2) is 0 Å². The van der Waals surface area contributed by atoms with Crippen molar-refractivity contribution in [1.82, 2.24) is 9.80 Å². The summed E-state index contributed by atoms with van der Waals surface area (Å²) in [6.07, 6.45) is 0.510. The van der Waals surface area contributed by atoms with Crippen molar-refractivity contribution in [2.75, 3.05) is 39.4 Å². The second kappa shape index (κ2) is 5.01. The Morgan fingerprint density at radius 3 is 2.56 bits per heavy atom. The van der Waals surface area contributed by atoms with Gasteiger partial charge in [-0.15, -0.1) is 0 Å². The van der Waals surface area contributed by atoms with Crippen molar-refractivity contribution in [2.24, 2.45) is 5.92 Å². The zero-order valence-electron chi connectivity index (χ0n) is 9.76. The molecule has 0 bridgehead atoms. The first-order chi connectivity index (χ1) is 7.68. The minimum atomic E-state index is -0.376. The molecule has 5 heteroatoms. The molecular weight excluding hydrogens is 208 g/mol. The molecule has 5 nitrogen and oxygen atoms in total.